The third kappa shape index (κ3) is 2.74. The van der Waals surface area contributed by atoms with Crippen molar-refractivity contribution in [2.75, 3.05) is 6.61 Å². The fourth-order valence-electron chi connectivity index (χ4n) is 3.69. The minimum absolute atomic E-state index is 0.102. The number of hydrogen-bond acceptors (Lipinski definition) is 6. The molecule has 29 heavy (non-hydrogen) atoms. The van der Waals surface area contributed by atoms with Gasteiger partial charge in [-0.1, -0.05) is 23.4 Å². The van der Waals surface area contributed by atoms with Gasteiger partial charge >= 0.3 is 6.03 Å². The average molecular weight is 394 g/mol. The standard InChI is InChI=1S/C20H15FN4O4/c21-13-7-5-12(6-8-13)17-22-16(29-24-17)11-25-18(26)20(23-19(25)27)9-10-28-15-4-2-1-3-14(15)20/h1-8H,9-11H2,(H,23,27). The lowest BCUT2D eigenvalue weighted by Gasteiger charge is -2.33. The zero-order valence-electron chi connectivity index (χ0n) is 15.1. The summed E-state index contributed by atoms with van der Waals surface area (Å²) in [5, 5.41) is 6.67. The first-order valence-corrected chi connectivity index (χ1v) is 9.02. The number of halogens is 1. The van der Waals surface area contributed by atoms with Gasteiger partial charge in [0.2, 0.25) is 11.7 Å². The van der Waals surface area contributed by atoms with Crippen molar-refractivity contribution in [3.63, 3.8) is 0 Å². The van der Waals surface area contributed by atoms with Gasteiger partial charge in [0.25, 0.3) is 5.91 Å². The van der Waals surface area contributed by atoms with E-state index in [2.05, 4.69) is 15.5 Å². The molecule has 0 radical (unpaired) electrons. The molecule has 1 N–H and O–H groups in total. The van der Waals surface area contributed by atoms with Gasteiger partial charge < -0.3 is 14.6 Å². The molecule has 2 aliphatic rings. The van der Waals surface area contributed by atoms with E-state index in [1.54, 1.807) is 18.2 Å². The second kappa shape index (κ2) is 6.40. The molecular formula is C20H15FN4O4. The van der Waals surface area contributed by atoms with E-state index in [0.717, 1.165) is 4.90 Å². The van der Waals surface area contributed by atoms with Crippen LogP contribution in [0.4, 0.5) is 9.18 Å². The average Bonchev–Trinajstić information content (AvgIpc) is 3.29. The third-order valence-electron chi connectivity index (χ3n) is 5.12. The van der Waals surface area contributed by atoms with Gasteiger partial charge in [-0.2, -0.15) is 4.98 Å². The number of carbonyl (C=O) groups excluding carboxylic acids is 2. The Bertz CT molecular complexity index is 1110. The first-order valence-electron chi connectivity index (χ1n) is 9.02. The topological polar surface area (TPSA) is 97.6 Å². The number of hydrogen-bond donors (Lipinski definition) is 1. The van der Waals surface area contributed by atoms with Crippen molar-refractivity contribution in [1.29, 1.82) is 0 Å². The number of rotatable bonds is 3. The summed E-state index contributed by atoms with van der Waals surface area (Å²) in [6.45, 7) is 0.149. The van der Waals surface area contributed by atoms with Crippen LogP contribution in [0, 0.1) is 5.82 Å². The molecule has 146 valence electrons. The van der Waals surface area contributed by atoms with Gasteiger partial charge in [-0.25, -0.2) is 9.18 Å². The lowest BCUT2D eigenvalue weighted by molar-refractivity contribution is -0.133. The number of ether oxygens (including phenoxy) is 1. The van der Waals surface area contributed by atoms with Crippen molar-refractivity contribution in [1.82, 2.24) is 20.4 Å². The lowest BCUT2D eigenvalue weighted by Crippen LogP contribution is -2.47. The van der Waals surface area contributed by atoms with Gasteiger partial charge in [-0.15, -0.1) is 0 Å². The Hall–Kier alpha value is -3.75. The van der Waals surface area contributed by atoms with E-state index in [1.807, 2.05) is 6.07 Å². The molecule has 0 saturated carbocycles. The number of aromatic nitrogens is 2. The maximum atomic E-state index is 13.2. The zero-order valence-corrected chi connectivity index (χ0v) is 15.1. The SMILES string of the molecule is O=C1NC2(CCOc3ccccc32)C(=O)N1Cc1nc(-c2ccc(F)cc2)no1. The quantitative estimate of drug-likeness (QED) is 0.686. The second-order valence-electron chi connectivity index (χ2n) is 6.84. The van der Waals surface area contributed by atoms with Crippen LogP contribution >= 0.6 is 0 Å². The Morgan fingerprint density at radius 2 is 1.93 bits per heavy atom. The normalized spacial score (nSPS) is 20.5. The number of fused-ring (bicyclic) bond motifs is 2. The molecule has 1 spiro atoms. The summed E-state index contributed by atoms with van der Waals surface area (Å²) in [4.78, 5) is 31.1. The van der Waals surface area contributed by atoms with Gasteiger partial charge in [0.1, 0.15) is 18.1 Å². The van der Waals surface area contributed by atoms with Gasteiger partial charge in [0.05, 0.1) is 6.61 Å². The monoisotopic (exact) mass is 394 g/mol. The van der Waals surface area contributed by atoms with Gasteiger partial charge in [0, 0.05) is 17.5 Å². The molecule has 1 saturated heterocycles. The largest absolute Gasteiger partial charge is 0.493 e. The highest BCUT2D eigenvalue weighted by Gasteiger charge is 2.55. The second-order valence-corrected chi connectivity index (χ2v) is 6.84. The smallest absolute Gasteiger partial charge is 0.325 e. The van der Waals surface area contributed by atoms with E-state index in [-0.39, 0.29) is 30.0 Å². The van der Waals surface area contributed by atoms with Crippen LogP contribution in [-0.2, 0) is 16.9 Å². The molecule has 3 aromatic rings. The molecule has 1 atom stereocenters. The van der Waals surface area contributed by atoms with Crippen LogP contribution in [0.5, 0.6) is 5.75 Å². The van der Waals surface area contributed by atoms with Crippen molar-refractivity contribution >= 4 is 11.9 Å². The summed E-state index contributed by atoms with van der Waals surface area (Å²) in [7, 11) is 0. The van der Waals surface area contributed by atoms with Gasteiger partial charge in [-0.3, -0.25) is 9.69 Å². The van der Waals surface area contributed by atoms with Crippen LogP contribution in [0.2, 0.25) is 0 Å². The number of urea groups is 1. The first kappa shape index (κ1) is 17.4. The fraction of sp³-hybridized carbons (Fsp3) is 0.200. The Morgan fingerprint density at radius 1 is 1.14 bits per heavy atom. The molecular weight excluding hydrogens is 379 g/mol. The van der Waals surface area contributed by atoms with Crippen molar-refractivity contribution in [3.8, 4) is 17.1 Å². The fourth-order valence-corrected chi connectivity index (χ4v) is 3.69. The van der Waals surface area contributed by atoms with Crippen LogP contribution in [0.25, 0.3) is 11.4 Å². The number of carbonyl (C=O) groups is 2. The summed E-state index contributed by atoms with van der Waals surface area (Å²) >= 11 is 0. The van der Waals surface area contributed by atoms with E-state index >= 15 is 0 Å². The minimum Gasteiger partial charge on any atom is -0.493 e. The number of nitrogens with zero attached hydrogens (tertiary/aromatic N) is 3. The molecule has 0 aliphatic carbocycles. The first-order chi connectivity index (χ1) is 14.1. The third-order valence-corrected chi connectivity index (χ3v) is 5.12. The summed E-state index contributed by atoms with van der Waals surface area (Å²) in [5.74, 6) is 0.160. The summed E-state index contributed by atoms with van der Waals surface area (Å²) in [5.41, 5.74) is 0.0317. The number of benzene rings is 2. The molecule has 5 rings (SSSR count). The minimum atomic E-state index is -1.16. The summed E-state index contributed by atoms with van der Waals surface area (Å²) in [6.07, 6.45) is 0.329. The molecule has 9 heteroatoms. The van der Waals surface area contributed by atoms with E-state index < -0.39 is 11.6 Å². The van der Waals surface area contributed by atoms with Crippen molar-refractivity contribution in [2.45, 2.75) is 18.5 Å². The number of para-hydroxylation sites is 1. The van der Waals surface area contributed by atoms with Crippen LogP contribution in [0.15, 0.2) is 53.1 Å². The molecule has 0 bridgehead atoms. The molecule has 1 fully saturated rings. The maximum Gasteiger partial charge on any atom is 0.325 e. The Balaban J connectivity index is 1.42. The molecule has 1 unspecified atom stereocenters. The van der Waals surface area contributed by atoms with Crippen LogP contribution in [-0.4, -0.2) is 33.6 Å². The highest BCUT2D eigenvalue weighted by molar-refractivity contribution is 6.07. The Labute approximate surface area is 164 Å². The van der Waals surface area contributed by atoms with E-state index in [9.17, 15) is 14.0 Å². The summed E-state index contributed by atoms with van der Waals surface area (Å²) in [6, 6.07) is 12.2. The molecule has 3 amide bonds. The zero-order chi connectivity index (χ0) is 20.0. The molecule has 3 heterocycles. The number of nitrogens with one attached hydrogen (secondary N) is 1. The number of imide groups is 1. The van der Waals surface area contributed by atoms with Crippen molar-refractivity contribution in [3.05, 3.63) is 65.8 Å². The molecule has 8 nitrogen and oxygen atoms in total. The van der Waals surface area contributed by atoms with Crippen LogP contribution in [0.1, 0.15) is 17.9 Å². The van der Waals surface area contributed by atoms with Crippen LogP contribution < -0.4 is 10.1 Å². The Morgan fingerprint density at radius 3 is 2.76 bits per heavy atom. The Kier molecular flexibility index (Phi) is 3.83. The van der Waals surface area contributed by atoms with E-state index in [0.29, 0.717) is 29.9 Å². The highest BCUT2D eigenvalue weighted by atomic mass is 19.1. The van der Waals surface area contributed by atoms with Gasteiger partial charge in [-0.05, 0) is 30.3 Å². The van der Waals surface area contributed by atoms with Gasteiger partial charge in [0.15, 0.2) is 5.54 Å². The lowest BCUT2D eigenvalue weighted by atomic mass is 9.84. The summed E-state index contributed by atoms with van der Waals surface area (Å²) < 4.78 is 23.9. The maximum absolute atomic E-state index is 13.2. The van der Waals surface area contributed by atoms with Crippen molar-refractivity contribution < 1.29 is 23.2 Å². The van der Waals surface area contributed by atoms with Crippen molar-refractivity contribution in [2.24, 2.45) is 0 Å². The molecule has 2 aliphatic heterocycles. The predicted molar refractivity (Wildman–Crippen MR) is 97.0 cm³/mol. The predicted octanol–water partition coefficient (Wildman–Crippen LogP) is 2.61. The van der Waals surface area contributed by atoms with E-state index in [1.165, 1.54) is 24.3 Å². The molecule has 1 aromatic heterocycles. The van der Waals surface area contributed by atoms with Crippen LogP contribution in [0.3, 0.4) is 0 Å². The van der Waals surface area contributed by atoms with E-state index in [4.69, 9.17) is 9.26 Å². The molecule has 2 aromatic carbocycles. The highest BCUT2D eigenvalue weighted by Crippen LogP contribution is 2.41. The number of amides is 3.